The van der Waals surface area contributed by atoms with Crippen LogP contribution in [0.5, 0.6) is 0 Å². The molecule has 3 N–H and O–H groups in total. The molecular formula is C21H23N3O4S. The summed E-state index contributed by atoms with van der Waals surface area (Å²) >= 11 is 5.09. The molecule has 2 aromatic carbocycles. The predicted molar refractivity (Wildman–Crippen MR) is 115 cm³/mol. The van der Waals surface area contributed by atoms with Gasteiger partial charge in [0, 0.05) is 31.1 Å². The Hall–Kier alpha value is -3.26. The van der Waals surface area contributed by atoms with E-state index >= 15 is 0 Å². The van der Waals surface area contributed by atoms with Crippen LogP contribution in [0.2, 0.25) is 0 Å². The van der Waals surface area contributed by atoms with Crippen molar-refractivity contribution in [2.75, 3.05) is 19.0 Å². The molecule has 0 saturated carbocycles. The molecule has 152 valence electrons. The molecule has 0 saturated heterocycles. The van der Waals surface area contributed by atoms with Crippen molar-refractivity contribution in [3.05, 3.63) is 65.7 Å². The SMILES string of the molecule is CNC(=O)c1ccc(NC(=S)NC(=O)CCC(=O)OCCc2ccccc2)cc1. The van der Waals surface area contributed by atoms with E-state index < -0.39 is 5.97 Å². The average Bonchev–Trinajstić information content (AvgIpc) is 2.73. The number of carbonyl (C=O) groups excluding carboxylic acids is 3. The van der Waals surface area contributed by atoms with Crippen LogP contribution in [0, 0.1) is 0 Å². The normalized spacial score (nSPS) is 9.97. The number of benzene rings is 2. The molecule has 0 spiro atoms. The third-order valence-electron chi connectivity index (χ3n) is 3.94. The van der Waals surface area contributed by atoms with Crippen LogP contribution in [0.1, 0.15) is 28.8 Å². The van der Waals surface area contributed by atoms with Crippen LogP contribution in [0.15, 0.2) is 54.6 Å². The lowest BCUT2D eigenvalue weighted by molar-refractivity contribution is -0.144. The fourth-order valence-corrected chi connectivity index (χ4v) is 2.65. The molecule has 0 aromatic heterocycles. The van der Waals surface area contributed by atoms with Crippen molar-refractivity contribution in [1.29, 1.82) is 0 Å². The number of hydrogen-bond donors (Lipinski definition) is 3. The molecule has 2 amide bonds. The van der Waals surface area contributed by atoms with Crippen LogP contribution in [0.4, 0.5) is 5.69 Å². The highest BCUT2D eigenvalue weighted by atomic mass is 32.1. The molecule has 2 aromatic rings. The Bertz CT molecular complexity index is 854. The molecule has 0 radical (unpaired) electrons. The summed E-state index contributed by atoms with van der Waals surface area (Å²) in [6.07, 6.45) is 0.581. The van der Waals surface area contributed by atoms with Crippen molar-refractivity contribution < 1.29 is 19.1 Å². The number of amides is 2. The summed E-state index contributed by atoms with van der Waals surface area (Å²) in [7, 11) is 1.55. The van der Waals surface area contributed by atoms with Crippen LogP contribution in [0.3, 0.4) is 0 Å². The number of anilines is 1. The summed E-state index contributed by atoms with van der Waals surface area (Å²) in [5.41, 5.74) is 2.22. The van der Waals surface area contributed by atoms with E-state index in [1.165, 1.54) is 0 Å². The maximum absolute atomic E-state index is 11.9. The van der Waals surface area contributed by atoms with E-state index in [9.17, 15) is 14.4 Å². The van der Waals surface area contributed by atoms with E-state index in [1.54, 1.807) is 31.3 Å². The number of ether oxygens (including phenoxy) is 1. The molecular weight excluding hydrogens is 390 g/mol. The smallest absolute Gasteiger partial charge is 0.306 e. The first kappa shape index (κ1) is 22.0. The predicted octanol–water partition coefficient (Wildman–Crippen LogP) is 2.43. The molecule has 2 rings (SSSR count). The largest absolute Gasteiger partial charge is 0.465 e. The Balaban J connectivity index is 1.65. The average molecular weight is 413 g/mol. The number of hydrogen-bond acceptors (Lipinski definition) is 5. The third-order valence-corrected chi connectivity index (χ3v) is 4.14. The van der Waals surface area contributed by atoms with Crippen molar-refractivity contribution in [3.63, 3.8) is 0 Å². The Kier molecular flexibility index (Phi) is 8.78. The van der Waals surface area contributed by atoms with E-state index in [-0.39, 0.29) is 36.4 Å². The van der Waals surface area contributed by atoms with Gasteiger partial charge in [-0.2, -0.15) is 0 Å². The summed E-state index contributed by atoms with van der Waals surface area (Å²) in [6.45, 7) is 0.274. The molecule has 0 aliphatic carbocycles. The van der Waals surface area contributed by atoms with E-state index in [0.29, 0.717) is 17.7 Å². The lowest BCUT2D eigenvalue weighted by Gasteiger charge is -2.10. The maximum Gasteiger partial charge on any atom is 0.306 e. The Morgan fingerprint density at radius 3 is 2.31 bits per heavy atom. The monoisotopic (exact) mass is 413 g/mol. The van der Waals surface area contributed by atoms with E-state index in [2.05, 4.69) is 16.0 Å². The van der Waals surface area contributed by atoms with E-state index in [0.717, 1.165) is 5.56 Å². The van der Waals surface area contributed by atoms with Gasteiger partial charge in [0.25, 0.3) is 5.91 Å². The molecule has 0 aliphatic heterocycles. The van der Waals surface area contributed by atoms with Crippen LogP contribution in [0.25, 0.3) is 0 Å². The van der Waals surface area contributed by atoms with Gasteiger partial charge in [-0.3, -0.25) is 14.4 Å². The fraction of sp³-hybridized carbons (Fsp3) is 0.238. The van der Waals surface area contributed by atoms with Crippen LogP contribution < -0.4 is 16.0 Å². The number of rotatable bonds is 8. The molecule has 29 heavy (non-hydrogen) atoms. The van der Waals surface area contributed by atoms with Crippen molar-refractivity contribution in [2.45, 2.75) is 19.3 Å². The van der Waals surface area contributed by atoms with Gasteiger partial charge in [-0.25, -0.2) is 0 Å². The zero-order valence-electron chi connectivity index (χ0n) is 16.1. The quantitative estimate of drug-likeness (QED) is 0.454. The number of thiocarbonyl (C=S) groups is 1. The van der Waals surface area contributed by atoms with Gasteiger partial charge >= 0.3 is 5.97 Å². The minimum absolute atomic E-state index is 0.0237. The zero-order valence-corrected chi connectivity index (χ0v) is 16.9. The minimum Gasteiger partial charge on any atom is -0.465 e. The van der Waals surface area contributed by atoms with Crippen molar-refractivity contribution in [3.8, 4) is 0 Å². The van der Waals surface area contributed by atoms with Gasteiger partial charge in [-0.1, -0.05) is 30.3 Å². The second-order valence-electron chi connectivity index (χ2n) is 6.11. The summed E-state index contributed by atoms with van der Waals surface area (Å²) < 4.78 is 5.14. The highest BCUT2D eigenvalue weighted by Crippen LogP contribution is 2.09. The molecule has 8 heteroatoms. The van der Waals surface area contributed by atoms with Gasteiger partial charge in [-0.05, 0) is 42.0 Å². The summed E-state index contributed by atoms with van der Waals surface area (Å²) in [5, 5.41) is 8.00. The molecule has 0 bridgehead atoms. The van der Waals surface area contributed by atoms with Gasteiger partial charge in [0.2, 0.25) is 5.91 Å². The van der Waals surface area contributed by atoms with Crippen molar-refractivity contribution in [2.24, 2.45) is 0 Å². The van der Waals surface area contributed by atoms with Crippen LogP contribution in [-0.2, 0) is 20.7 Å². The lowest BCUT2D eigenvalue weighted by Crippen LogP contribution is -2.34. The highest BCUT2D eigenvalue weighted by molar-refractivity contribution is 7.80. The Morgan fingerprint density at radius 2 is 1.66 bits per heavy atom. The first-order valence-corrected chi connectivity index (χ1v) is 9.51. The minimum atomic E-state index is -0.431. The molecule has 0 fully saturated rings. The highest BCUT2D eigenvalue weighted by Gasteiger charge is 2.10. The molecule has 0 aliphatic rings. The lowest BCUT2D eigenvalue weighted by atomic mass is 10.2. The Labute approximate surface area is 174 Å². The van der Waals surface area contributed by atoms with E-state index in [1.807, 2.05) is 30.3 Å². The molecule has 7 nitrogen and oxygen atoms in total. The topological polar surface area (TPSA) is 96.5 Å². The fourth-order valence-electron chi connectivity index (χ4n) is 2.42. The van der Waals surface area contributed by atoms with Gasteiger partial charge in [0.15, 0.2) is 5.11 Å². The summed E-state index contributed by atoms with van der Waals surface area (Å²) in [6, 6.07) is 16.3. The second kappa shape index (κ2) is 11.6. The third kappa shape index (κ3) is 8.10. The van der Waals surface area contributed by atoms with Gasteiger partial charge < -0.3 is 20.7 Å². The summed E-state index contributed by atoms with van der Waals surface area (Å²) in [4.78, 5) is 35.2. The number of carbonyl (C=O) groups is 3. The molecule has 0 atom stereocenters. The number of esters is 1. The van der Waals surface area contributed by atoms with Crippen LogP contribution in [-0.4, -0.2) is 36.6 Å². The first-order valence-electron chi connectivity index (χ1n) is 9.10. The first-order chi connectivity index (χ1) is 14.0. The zero-order chi connectivity index (χ0) is 21.1. The van der Waals surface area contributed by atoms with E-state index in [4.69, 9.17) is 17.0 Å². The van der Waals surface area contributed by atoms with Crippen molar-refractivity contribution in [1.82, 2.24) is 10.6 Å². The van der Waals surface area contributed by atoms with Crippen LogP contribution >= 0.6 is 12.2 Å². The second-order valence-corrected chi connectivity index (χ2v) is 6.52. The molecule has 0 unspecified atom stereocenters. The standard InChI is InChI=1S/C21H23N3O4S/c1-22-20(27)16-7-9-17(10-8-16)23-21(29)24-18(25)11-12-19(26)28-14-13-15-5-3-2-4-6-15/h2-10H,11-14H2,1H3,(H,22,27)(H2,23,24,25,29). The Morgan fingerprint density at radius 1 is 0.966 bits per heavy atom. The van der Waals surface area contributed by atoms with Crippen molar-refractivity contribution >= 4 is 40.8 Å². The maximum atomic E-state index is 11.9. The molecule has 0 heterocycles. The number of nitrogens with one attached hydrogen (secondary N) is 3. The van der Waals surface area contributed by atoms with Gasteiger partial charge in [0.05, 0.1) is 13.0 Å². The van der Waals surface area contributed by atoms with Gasteiger partial charge in [-0.15, -0.1) is 0 Å². The summed E-state index contributed by atoms with van der Waals surface area (Å²) in [5.74, 6) is -1.01. The van der Waals surface area contributed by atoms with Gasteiger partial charge in [0.1, 0.15) is 0 Å².